The van der Waals surface area contributed by atoms with Crippen molar-refractivity contribution in [3.05, 3.63) is 83.0 Å². The van der Waals surface area contributed by atoms with E-state index in [1.165, 1.54) is 22.3 Å². The summed E-state index contributed by atoms with van der Waals surface area (Å²) < 4.78 is 8.97. The van der Waals surface area contributed by atoms with Crippen LogP contribution in [-0.2, 0) is 17.1 Å². The summed E-state index contributed by atoms with van der Waals surface area (Å²) in [5, 5.41) is 2.94. The van der Waals surface area contributed by atoms with Crippen LogP contribution in [0.5, 0.6) is 5.75 Å². The molecule has 1 atom stereocenters. The molecule has 9 heteroatoms. The van der Waals surface area contributed by atoms with Gasteiger partial charge < -0.3 is 10.1 Å². The summed E-state index contributed by atoms with van der Waals surface area (Å²) in [5.41, 5.74) is 1.16. The first-order chi connectivity index (χ1) is 16.0. The van der Waals surface area contributed by atoms with E-state index in [0.717, 1.165) is 11.3 Å². The maximum atomic E-state index is 12.7. The highest BCUT2D eigenvalue weighted by Crippen LogP contribution is 2.29. The second kappa shape index (κ2) is 10.4. The first kappa shape index (κ1) is 22.6. The van der Waals surface area contributed by atoms with Gasteiger partial charge in [-0.25, -0.2) is 4.98 Å². The molecule has 0 unspecified atom stereocenters. The first-order valence-corrected chi connectivity index (χ1v) is 11.7. The number of hydrogen-bond acceptors (Lipinski definition) is 6. The van der Waals surface area contributed by atoms with Gasteiger partial charge in [0.05, 0.1) is 11.4 Å². The number of hydrogen-bond donors (Lipinski definition) is 1. The Morgan fingerprint density at radius 3 is 2.70 bits per heavy atom. The van der Waals surface area contributed by atoms with Crippen LogP contribution < -0.4 is 15.6 Å². The highest BCUT2D eigenvalue weighted by molar-refractivity contribution is 7.98. The number of carbonyl (C=O) groups excluding carboxylic acids is 1. The molecule has 1 amide bonds. The largest absolute Gasteiger partial charge is 0.481 e. The Labute approximate surface area is 195 Å². The van der Waals surface area contributed by atoms with Gasteiger partial charge in [-0.3, -0.25) is 14.3 Å². The Morgan fingerprint density at radius 2 is 1.91 bits per heavy atom. The average Bonchev–Trinajstić information content (AvgIpc) is 3.22. The number of nitrogens with zero attached hydrogens (tertiary/aromatic N) is 4. The number of thioether (sulfide) groups is 1. The van der Waals surface area contributed by atoms with Gasteiger partial charge in [0.1, 0.15) is 12.1 Å². The van der Waals surface area contributed by atoms with Crippen molar-refractivity contribution in [3.63, 3.8) is 0 Å². The number of benzene rings is 2. The summed E-state index contributed by atoms with van der Waals surface area (Å²) in [7, 11) is 0. The maximum absolute atomic E-state index is 12.7. The Balaban J connectivity index is 1.45. The molecule has 33 heavy (non-hydrogen) atoms. The Hall–Kier alpha value is -3.59. The number of fused-ring (bicyclic) bond motifs is 1. The highest BCUT2D eigenvalue weighted by Gasteiger charge is 2.17. The lowest BCUT2D eigenvalue weighted by molar-refractivity contribution is -0.122. The zero-order valence-electron chi connectivity index (χ0n) is 18.5. The normalized spacial score (nSPS) is 11.9. The minimum atomic E-state index is -0.659. The van der Waals surface area contributed by atoms with Gasteiger partial charge in [-0.15, -0.1) is 11.8 Å². The van der Waals surface area contributed by atoms with Crippen molar-refractivity contribution >= 4 is 29.1 Å². The predicted molar refractivity (Wildman–Crippen MR) is 129 cm³/mol. The molecule has 2 aromatic carbocycles. The zero-order valence-corrected chi connectivity index (χ0v) is 19.3. The Bertz CT molecular complexity index is 1300. The molecule has 0 aliphatic rings. The summed E-state index contributed by atoms with van der Waals surface area (Å²) in [6, 6.07) is 18.3. The van der Waals surface area contributed by atoms with Crippen LogP contribution in [0.4, 0.5) is 5.69 Å². The van der Waals surface area contributed by atoms with Crippen molar-refractivity contribution in [3.8, 4) is 5.75 Å². The number of anilines is 1. The van der Waals surface area contributed by atoms with Crippen LogP contribution in [0.2, 0.25) is 0 Å². The van der Waals surface area contributed by atoms with Crippen LogP contribution in [0.3, 0.4) is 0 Å². The fourth-order valence-corrected chi connectivity index (χ4v) is 4.21. The minimum absolute atomic E-state index is 0.157. The topological polar surface area (TPSA) is 90.5 Å². The van der Waals surface area contributed by atoms with Gasteiger partial charge in [0, 0.05) is 23.3 Å². The Kier molecular flexibility index (Phi) is 7.09. The lowest BCUT2D eigenvalue weighted by Crippen LogP contribution is -2.30. The van der Waals surface area contributed by atoms with Gasteiger partial charge in [0.25, 0.3) is 17.2 Å². The molecular formula is C24H25N5O3S. The van der Waals surface area contributed by atoms with Crippen LogP contribution in [-0.4, -0.2) is 31.2 Å². The molecule has 0 saturated heterocycles. The van der Waals surface area contributed by atoms with Crippen molar-refractivity contribution in [1.29, 1.82) is 0 Å². The third-order valence-electron chi connectivity index (χ3n) is 4.89. The van der Waals surface area contributed by atoms with Gasteiger partial charge >= 0.3 is 0 Å². The molecule has 0 fully saturated rings. The minimum Gasteiger partial charge on any atom is -0.481 e. The third kappa shape index (κ3) is 5.43. The molecule has 170 valence electrons. The van der Waals surface area contributed by atoms with Crippen molar-refractivity contribution < 1.29 is 9.53 Å². The van der Waals surface area contributed by atoms with Crippen LogP contribution in [0.15, 0.2) is 76.7 Å². The molecule has 4 rings (SSSR count). The van der Waals surface area contributed by atoms with Crippen molar-refractivity contribution in [2.45, 2.75) is 43.6 Å². The van der Waals surface area contributed by atoms with E-state index < -0.39 is 6.10 Å². The Morgan fingerprint density at radius 1 is 1.15 bits per heavy atom. The van der Waals surface area contributed by atoms with E-state index in [-0.39, 0.29) is 11.5 Å². The number of amides is 1. The second-order valence-corrected chi connectivity index (χ2v) is 8.47. The summed E-state index contributed by atoms with van der Waals surface area (Å²) in [6.45, 7) is 4.45. The molecule has 0 spiro atoms. The standard InChI is InChI=1S/C24H25N5O3S/c1-3-13-28-16-25-24-26-18(14-22(30)29(24)28)15-33-21-12-8-7-11-20(21)27-23(31)17(2)32-19-9-5-4-6-10-19/h4-12,14,16-17H,3,13,15H2,1-2H3,(H,27,31)/t17-/m1/s1. The summed E-state index contributed by atoms with van der Waals surface area (Å²) >= 11 is 1.49. The molecule has 2 aromatic heterocycles. The molecule has 8 nitrogen and oxygen atoms in total. The first-order valence-electron chi connectivity index (χ1n) is 10.7. The van der Waals surface area contributed by atoms with Gasteiger partial charge in [-0.1, -0.05) is 37.3 Å². The number of aromatic nitrogens is 4. The van der Waals surface area contributed by atoms with E-state index >= 15 is 0 Å². The fraction of sp³-hybridized carbons (Fsp3) is 0.250. The van der Waals surface area contributed by atoms with Crippen molar-refractivity contribution in [1.82, 2.24) is 19.2 Å². The maximum Gasteiger partial charge on any atom is 0.274 e. The van der Waals surface area contributed by atoms with E-state index in [1.54, 1.807) is 17.9 Å². The summed E-state index contributed by atoms with van der Waals surface area (Å²) in [4.78, 5) is 34.9. The third-order valence-corrected chi connectivity index (χ3v) is 6.00. The van der Waals surface area contributed by atoms with E-state index in [2.05, 4.69) is 15.3 Å². The lowest BCUT2D eigenvalue weighted by atomic mass is 10.3. The number of carbonyl (C=O) groups is 1. The lowest BCUT2D eigenvalue weighted by Gasteiger charge is -2.16. The van der Waals surface area contributed by atoms with E-state index in [1.807, 2.05) is 61.5 Å². The molecule has 4 aromatic rings. The molecule has 0 aliphatic heterocycles. The quantitative estimate of drug-likeness (QED) is 0.377. The second-order valence-electron chi connectivity index (χ2n) is 7.45. The number of para-hydroxylation sites is 2. The van der Waals surface area contributed by atoms with Crippen LogP contribution in [0, 0.1) is 0 Å². The smallest absolute Gasteiger partial charge is 0.274 e. The number of rotatable bonds is 9. The van der Waals surface area contributed by atoms with Crippen molar-refractivity contribution in [2.75, 3.05) is 5.32 Å². The molecular weight excluding hydrogens is 438 g/mol. The molecule has 1 N–H and O–H groups in total. The number of ether oxygens (including phenoxy) is 1. The SMILES string of the molecule is CCCn1cnc2nc(CSc3ccccc3NC(=O)[C@@H](C)Oc3ccccc3)cc(=O)n21. The summed E-state index contributed by atoms with van der Waals surface area (Å²) in [6.07, 6.45) is 1.87. The number of nitrogens with one attached hydrogen (secondary N) is 1. The number of aryl methyl sites for hydroxylation is 1. The van der Waals surface area contributed by atoms with E-state index in [9.17, 15) is 9.59 Å². The van der Waals surface area contributed by atoms with Crippen LogP contribution in [0.1, 0.15) is 26.0 Å². The van der Waals surface area contributed by atoms with Crippen LogP contribution in [0.25, 0.3) is 5.78 Å². The molecule has 0 bridgehead atoms. The fourth-order valence-electron chi connectivity index (χ4n) is 3.30. The molecule has 2 heterocycles. The van der Waals surface area contributed by atoms with Gasteiger partial charge in [0.15, 0.2) is 6.10 Å². The zero-order chi connectivity index (χ0) is 23.2. The molecule has 0 saturated carbocycles. The van der Waals surface area contributed by atoms with Crippen molar-refractivity contribution in [2.24, 2.45) is 0 Å². The van der Waals surface area contributed by atoms with E-state index in [4.69, 9.17) is 4.74 Å². The average molecular weight is 464 g/mol. The monoisotopic (exact) mass is 463 g/mol. The van der Waals surface area contributed by atoms with Gasteiger partial charge in [0.2, 0.25) is 0 Å². The van der Waals surface area contributed by atoms with Gasteiger partial charge in [-0.2, -0.15) is 9.50 Å². The highest BCUT2D eigenvalue weighted by atomic mass is 32.2. The molecule has 0 radical (unpaired) electrons. The van der Waals surface area contributed by atoms with Gasteiger partial charge in [-0.05, 0) is 37.6 Å². The summed E-state index contributed by atoms with van der Waals surface area (Å²) in [5.74, 6) is 1.25. The molecule has 0 aliphatic carbocycles. The van der Waals surface area contributed by atoms with Crippen LogP contribution >= 0.6 is 11.8 Å². The van der Waals surface area contributed by atoms with E-state index in [0.29, 0.717) is 35.2 Å². The predicted octanol–water partition coefficient (Wildman–Crippen LogP) is 4.00.